The first-order chi connectivity index (χ1) is 18.3. The summed E-state index contributed by atoms with van der Waals surface area (Å²) in [5, 5.41) is 0. The Morgan fingerprint density at radius 2 is 1.58 bits per heavy atom. The molecule has 0 radical (unpaired) electrons. The average molecular weight is 508 g/mol. The molecule has 0 amide bonds. The summed E-state index contributed by atoms with van der Waals surface area (Å²) in [6.07, 6.45) is 3.66. The zero-order chi connectivity index (χ0) is 26.8. The van der Waals surface area contributed by atoms with E-state index in [1.807, 2.05) is 29.2 Å². The topological polar surface area (TPSA) is 90.0 Å². The number of Topliss-reactive ketones (excluding diaryl/α,β-unsaturated/α-hetero) is 3. The third kappa shape index (κ3) is 3.08. The first kappa shape index (κ1) is 23.9. The maximum absolute atomic E-state index is 14.5. The Hall–Kier alpha value is -4.52. The molecule has 0 saturated carbocycles. The van der Waals surface area contributed by atoms with Gasteiger partial charge in [-0.25, -0.2) is 0 Å². The summed E-state index contributed by atoms with van der Waals surface area (Å²) in [4.78, 5) is 56.3. The van der Waals surface area contributed by atoms with Gasteiger partial charge in [-0.2, -0.15) is 0 Å². The fraction of sp³-hybridized carbons (Fsp3) is 0.226. The van der Waals surface area contributed by atoms with Crippen molar-refractivity contribution in [1.82, 2.24) is 0 Å². The van der Waals surface area contributed by atoms with Gasteiger partial charge >= 0.3 is 5.97 Å². The van der Waals surface area contributed by atoms with Gasteiger partial charge in [-0.05, 0) is 30.7 Å². The lowest BCUT2D eigenvalue weighted by atomic mass is 9.64. The number of rotatable bonds is 4. The van der Waals surface area contributed by atoms with E-state index in [0.29, 0.717) is 28.1 Å². The number of carbonyl (C=O) groups is 4. The van der Waals surface area contributed by atoms with Crippen LogP contribution in [0.5, 0.6) is 11.5 Å². The number of ether oxygens (including phenoxy) is 2. The number of hydrogen-bond acceptors (Lipinski definition) is 7. The SMILES string of the molecule is COc1cccc([C@H]2[C@H](C(C)=O)N3c4c(cccc4OC(C)=O)C=C[C@@H]3C23C(=O)c2ccccc2C3=O)c1. The maximum atomic E-state index is 14.5. The van der Waals surface area contributed by atoms with E-state index in [0.717, 1.165) is 5.56 Å². The average Bonchev–Trinajstić information content (AvgIpc) is 3.35. The Kier molecular flexibility index (Phi) is 5.35. The lowest BCUT2D eigenvalue weighted by molar-refractivity contribution is -0.131. The van der Waals surface area contributed by atoms with Crippen LogP contribution in [0.1, 0.15) is 51.6 Å². The van der Waals surface area contributed by atoms with Crippen molar-refractivity contribution in [2.24, 2.45) is 5.41 Å². The molecule has 1 saturated heterocycles. The second kappa shape index (κ2) is 8.52. The summed E-state index contributed by atoms with van der Waals surface area (Å²) in [6, 6.07) is 17.6. The maximum Gasteiger partial charge on any atom is 0.308 e. The fourth-order valence-electron chi connectivity index (χ4n) is 6.58. The highest BCUT2D eigenvalue weighted by Gasteiger charge is 2.71. The Labute approximate surface area is 219 Å². The molecule has 2 heterocycles. The molecule has 0 bridgehead atoms. The standard InChI is InChI=1S/C31H25NO6/c1-17(33)27-26(20-9-6-10-21(16-20)37-3)31(29(35)22-11-4-5-12-23(22)30(31)36)25-15-14-19-8-7-13-24(38-18(2)34)28(19)32(25)27/h4-16,25-27H,1-3H3/t25-,26+,27+/m1/s1. The van der Waals surface area contributed by atoms with Crippen LogP contribution in [0.3, 0.4) is 0 Å². The third-order valence-electron chi connectivity index (χ3n) is 7.91. The van der Waals surface area contributed by atoms with Crippen molar-refractivity contribution in [2.45, 2.75) is 31.8 Å². The molecular formula is C31H25NO6. The van der Waals surface area contributed by atoms with E-state index in [9.17, 15) is 19.2 Å². The minimum Gasteiger partial charge on any atom is -0.497 e. The number of ketones is 3. The van der Waals surface area contributed by atoms with Crippen molar-refractivity contribution < 1.29 is 28.7 Å². The number of benzene rings is 3. The second-order valence-electron chi connectivity index (χ2n) is 9.88. The molecule has 1 aliphatic carbocycles. The van der Waals surface area contributed by atoms with Crippen LogP contribution in [0, 0.1) is 5.41 Å². The molecule has 0 unspecified atom stereocenters. The molecular weight excluding hydrogens is 482 g/mol. The van der Waals surface area contributed by atoms with Crippen molar-refractivity contribution in [1.29, 1.82) is 0 Å². The van der Waals surface area contributed by atoms with Gasteiger partial charge in [0.15, 0.2) is 23.1 Å². The number of methoxy groups -OCH3 is 1. The summed E-state index contributed by atoms with van der Waals surface area (Å²) in [5.41, 5.74) is 0.974. The summed E-state index contributed by atoms with van der Waals surface area (Å²) in [7, 11) is 1.54. The minimum absolute atomic E-state index is 0.213. The Bertz CT molecular complexity index is 1540. The van der Waals surface area contributed by atoms with Gasteiger partial charge in [-0.15, -0.1) is 0 Å². The summed E-state index contributed by atoms with van der Waals surface area (Å²) in [5.74, 6) is -1.36. The highest BCUT2D eigenvalue weighted by Crippen LogP contribution is 2.61. The van der Waals surface area contributed by atoms with Crippen LogP contribution in [0.15, 0.2) is 72.8 Å². The molecule has 3 aliphatic rings. The van der Waals surface area contributed by atoms with Crippen LogP contribution in [-0.2, 0) is 9.59 Å². The summed E-state index contributed by atoms with van der Waals surface area (Å²) in [6.45, 7) is 2.78. The summed E-state index contributed by atoms with van der Waals surface area (Å²) >= 11 is 0. The Morgan fingerprint density at radius 3 is 2.21 bits per heavy atom. The fourth-order valence-corrected chi connectivity index (χ4v) is 6.58. The largest absolute Gasteiger partial charge is 0.497 e. The predicted molar refractivity (Wildman–Crippen MR) is 141 cm³/mol. The Balaban J connectivity index is 1.68. The monoisotopic (exact) mass is 507 g/mol. The van der Waals surface area contributed by atoms with Crippen molar-refractivity contribution in [3.63, 3.8) is 0 Å². The normalized spacial score (nSPS) is 22.2. The number of anilines is 1. The number of fused-ring (bicyclic) bond motifs is 5. The minimum atomic E-state index is -1.61. The second-order valence-corrected chi connectivity index (χ2v) is 9.88. The van der Waals surface area contributed by atoms with Crippen LogP contribution in [0.2, 0.25) is 0 Å². The molecule has 2 aliphatic heterocycles. The quantitative estimate of drug-likeness (QED) is 0.289. The molecule has 7 heteroatoms. The van der Waals surface area contributed by atoms with E-state index in [2.05, 4.69) is 0 Å². The van der Waals surface area contributed by atoms with Crippen molar-refractivity contribution in [2.75, 3.05) is 12.0 Å². The number of esters is 1. The van der Waals surface area contributed by atoms with E-state index in [-0.39, 0.29) is 23.1 Å². The van der Waals surface area contributed by atoms with Gasteiger partial charge in [0.2, 0.25) is 0 Å². The zero-order valence-corrected chi connectivity index (χ0v) is 21.1. The van der Waals surface area contributed by atoms with Crippen LogP contribution in [0.4, 0.5) is 5.69 Å². The van der Waals surface area contributed by atoms with E-state index < -0.39 is 29.4 Å². The van der Waals surface area contributed by atoms with Gasteiger partial charge in [0, 0.05) is 29.5 Å². The van der Waals surface area contributed by atoms with Crippen LogP contribution >= 0.6 is 0 Å². The number of nitrogens with zero attached hydrogens (tertiary/aromatic N) is 1. The van der Waals surface area contributed by atoms with E-state index in [4.69, 9.17) is 9.47 Å². The summed E-state index contributed by atoms with van der Waals surface area (Å²) < 4.78 is 11.1. The van der Waals surface area contributed by atoms with Crippen LogP contribution < -0.4 is 14.4 Å². The van der Waals surface area contributed by atoms with Gasteiger partial charge in [0.05, 0.1) is 24.9 Å². The molecule has 1 spiro atoms. The molecule has 38 heavy (non-hydrogen) atoms. The lowest BCUT2D eigenvalue weighted by Crippen LogP contribution is -2.48. The molecule has 7 nitrogen and oxygen atoms in total. The van der Waals surface area contributed by atoms with Gasteiger partial charge in [-0.3, -0.25) is 19.2 Å². The third-order valence-corrected chi connectivity index (χ3v) is 7.91. The Morgan fingerprint density at radius 1 is 0.895 bits per heavy atom. The van der Waals surface area contributed by atoms with E-state index >= 15 is 0 Å². The van der Waals surface area contributed by atoms with Gasteiger partial charge in [0.1, 0.15) is 11.2 Å². The molecule has 0 N–H and O–H groups in total. The first-order valence-corrected chi connectivity index (χ1v) is 12.4. The van der Waals surface area contributed by atoms with Crippen molar-refractivity contribution in [3.05, 3.63) is 95.1 Å². The highest BCUT2D eigenvalue weighted by atomic mass is 16.5. The van der Waals surface area contributed by atoms with Crippen molar-refractivity contribution >= 4 is 35.1 Å². The number of para-hydroxylation sites is 1. The van der Waals surface area contributed by atoms with Crippen LogP contribution in [0.25, 0.3) is 6.08 Å². The van der Waals surface area contributed by atoms with E-state index in [1.165, 1.54) is 13.8 Å². The van der Waals surface area contributed by atoms with Gasteiger partial charge in [0.25, 0.3) is 0 Å². The van der Waals surface area contributed by atoms with Crippen molar-refractivity contribution in [3.8, 4) is 11.5 Å². The van der Waals surface area contributed by atoms with Gasteiger partial charge < -0.3 is 14.4 Å². The zero-order valence-electron chi connectivity index (χ0n) is 21.1. The first-order valence-electron chi connectivity index (χ1n) is 12.4. The molecule has 0 aromatic heterocycles. The predicted octanol–water partition coefficient (Wildman–Crippen LogP) is 4.64. The van der Waals surface area contributed by atoms with Crippen LogP contribution in [-0.4, -0.2) is 42.5 Å². The van der Waals surface area contributed by atoms with E-state index in [1.54, 1.807) is 61.7 Å². The molecule has 6 rings (SSSR count). The molecule has 3 aromatic carbocycles. The molecule has 3 aromatic rings. The smallest absolute Gasteiger partial charge is 0.308 e. The number of hydrogen-bond donors (Lipinski definition) is 0. The molecule has 190 valence electrons. The number of carbonyl (C=O) groups excluding carboxylic acids is 4. The van der Waals surface area contributed by atoms with Gasteiger partial charge in [-0.1, -0.05) is 60.7 Å². The lowest BCUT2D eigenvalue weighted by Gasteiger charge is -2.37. The molecule has 3 atom stereocenters. The highest BCUT2D eigenvalue weighted by molar-refractivity contribution is 6.32. The molecule has 1 fully saturated rings.